The van der Waals surface area contributed by atoms with E-state index < -0.39 is 0 Å². The van der Waals surface area contributed by atoms with Crippen LogP contribution >= 0.6 is 11.8 Å². The number of benzene rings is 2. The zero-order chi connectivity index (χ0) is 19.3. The zero-order valence-corrected chi connectivity index (χ0v) is 17.3. The summed E-state index contributed by atoms with van der Waals surface area (Å²) in [6.45, 7) is 5.25. The van der Waals surface area contributed by atoms with Crippen LogP contribution in [0.25, 0.3) is 0 Å². The Balaban J connectivity index is 1.76. The molecule has 2 aromatic carbocycles. The van der Waals surface area contributed by atoms with Crippen LogP contribution in [-0.2, 0) is 4.79 Å². The molecule has 0 spiro atoms. The molecule has 0 aliphatic heterocycles. The molecule has 0 saturated heterocycles. The fraction of sp³-hybridized carbons (Fsp3) is 0.435. The summed E-state index contributed by atoms with van der Waals surface area (Å²) in [4.78, 5) is 13.8. The van der Waals surface area contributed by atoms with Crippen LogP contribution in [0.3, 0.4) is 0 Å². The molecule has 0 radical (unpaired) electrons. The summed E-state index contributed by atoms with van der Waals surface area (Å²) in [6, 6.07) is 16.2. The highest BCUT2D eigenvalue weighted by Gasteiger charge is 2.04. The first-order valence-electron chi connectivity index (χ1n) is 10.0. The molecule has 0 atom stereocenters. The molecule has 2 aromatic rings. The Bertz CT molecular complexity index is 668. The number of esters is 1. The summed E-state index contributed by atoms with van der Waals surface area (Å²) in [6.07, 6.45) is 7.76. The number of unbranched alkanes of at least 4 members (excludes halogenated alkanes) is 4. The van der Waals surface area contributed by atoms with Crippen LogP contribution < -0.4 is 10.1 Å². The van der Waals surface area contributed by atoms with E-state index in [9.17, 15) is 4.79 Å². The minimum absolute atomic E-state index is 0.175. The van der Waals surface area contributed by atoms with Gasteiger partial charge in [-0.3, -0.25) is 4.79 Å². The van der Waals surface area contributed by atoms with Gasteiger partial charge in [0.1, 0.15) is 5.75 Å². The summed E-state index contributed by atoms with van der Waals surface area (Å²) in [5.41, 5.74) is 1.17. The Hall–Kier alpha value is -1.94. The maximum Gasteiger partial charge on any atom is 0.311 e. The molecule has 0 bridgehead atoms. The summed E-state index contributed by atoms with van der Waals surface area (Å²) in [5, 5.41) is 3.49. The lowest BCUT2D eigenvalue weighted by Crippen LogP contribution is -2.06. The molecule has 0 amide bonds. The molecule has 0 fully saturated rings. The third kappa shape index (κ3) is 8.53. The van der Waals surface area contributed by atoms with Crippen molar-refractivity contribution in [3.8, 4) is 5.75 Å². The molecule has 0 saturated carbocycles. The number of rotatable bonds is 12. The molecule has 3 nitrogen and oxygen atoms in total. The summed E-state index contributed by atoms with van der Waals surface area (Å²) in [5.74, 6) is 0.433. The first kappa shape index (κ1) is 21.4. The lowest BCUT2D eigenvalue weighted by Gasteiger charge is -2.08. The number of hydrogen-bond donors (Lipinski definition) is 1. The van der Waals surface area contributed by atoms with Gasteiger partial charge in [0.2, 0.25) is 0 Å². The normalized spacial score (nSPS) is 10.6. The fourth-order valence-electron chi connectivity index (χ4n) is 2.70. The number of ether oxygens (including phenoxy) is 1. The van der Waals surface area contributed by atoms with Crippen molar-refractivity contribution >= 4 is 23.4 Å². The topological polar surface area (TPSA) is 38.3 Å². The quantitative estimate of drug-likeness (QED) is 0.244. The largest absolute Gasteiger partial charge is 0.427 e. The van der Waals surface area contributed by atoms with Crippen molar-refractivity contribution in [3.05, 3.63) is 48.5 Å². The predicted octanol–water partition coefficient (Wildman–Crippen LogP) is 6.93. The van der Waals surface area contributed by atoms with Crippen LogP contribution in [0.5, 0.6) is 5.75 Å². The predicted molar refractivity (Wildman–Crippen MR) is 115 cm³/mol. The Morgan fingerprint density at radius 3 is 2.11 bits per heavy atom. The van der Waals surface area contributed by atoms with Gasteiger partial charge in [-0.05, 0) is 61.4 Å². The summed E-state index contributed by atoms with van der Waals surface area (Å²) >= 11 is 1.70. The minimum atomic E-state index is -0.175. The smallest absolute Gasteiger partial charge is 0.311 e. The van der Waals surface area contributed by atoms with E-state index in [-0.39, 0.29) is 5.97 Å². The second-order valence-electron chi connectivity index (χ2n) is 6.66. The molecule has 0 unspecified atom stereocenters. The standard InChI is InChI=1S/C23H31NO2S/c1-3-5-6-7-8-18-24-19-10-14-21(15-11-19)27-22-16-12-20(13-17-22)26-23(25)9-4-2/h10-17,24H,3-9,18H2,1-2H3. The summed E-state index contributed by atoms with van der Waals surface area (Å²) in [7, 11) is 0. The molecule has 146 valence electrons. The Morgan fingerprint density at radius 1 is 0.852 bits per heavy atom. The van der Waals surface area contributed by atoms with Crippen LogP contribution in [0, 0.1) is 0 Å². The van der Waals surface area contributed by atoms with Crippen molar-refractivity contribution in [1.82, 2.24) is 0 Å². The molecule has 1 N–H and O–H groups in total. The van der Waals surface area contributed by atoms with Crippen molar-refractivity contribution in [1.29, 1.82) is 0 Å². The van der Waals surface area contributed by atoms with Crippen LogP contribution in [0.2, 0.25) is 0 Å². The van der Waals surface area contributed by atoms with Gasteiger partial charge >= 0.3 is 5.97 Å². The number of carbonyl (C=O) groups is 1. The van der Waals surface area contributed by atoms with E-state index in [1.54, 1.807) is 11.8 Å². The average molecular weight is 386 g/mol. The molecular weight excluding hydrogens is 354 g/mol. The van der Waals surface area contributed by atoms with Gasteiger partial charge in [0.15, 0.2) is 0 Å². The lowest BCUT2D eigenvalue weighted by molar-refractivity contribution is -0.134. The van der Waals surface area contributed by atoms with E-state index >= 15 is 0 Å². The molecule has 4 heteroatoms. The van der Waals surface area contributed by atoms with E-state index in [0.717, 1.165) is 17.9 Å². The van der Waals surface area contributed by atoms with Crippen molar-refractivity contribution in [3.63, 3.8) is 0 Å². The van der Waals surface area contributed by atoms with Crippen LogP contribution in [-0.4, -0.2) is 12.5 Å². The highest BCUT2D eigenvalue weighted by Crippen LogP contribution is 2.30. The van der Waals surface area contributed by atoms with Crippen LogP contribution in [0.1, 0.15) is 58.8 Å². The average Bonchev–Trinajstić information content (AvgIpc) is 2.67. The van der Waals surface area contributed by atoms with Crippen LogP contribution in [0.4, 0.5) is 5.69 Å². The van der Waals surface area contributed by atoms with Gasteiger partial charge in [-0.1, -0.05) is 51.3 Å². The summed E-state index contributed by atoms with van der Waals surface area (Å²) < 4.78 is 5.29. The van der Waals surface area contributed by atoms with E-state index in [1.165, 1.54) is 42.7 Å². The van der Waals surface area contributed by atoms with Gasteiger partial charge in [-0.2, -0.15) is 0 Å². The highest BCUT2D eigenvalue weighted by molar-refractivity contribution is 7.99. The Labute approximate surface area is 167 Å². The minimum Gasteiger partial charge on any atom is -0.427 e. The SMILES string of the molecule is CCCCCCCNc1ccc(Sc2ccc(OC(=O)CCC)cc2)cc1. The molecule has 0 aromatic heterocycles. The monoisotopic (exact) mass is 385 g/mol. The van der Waals surface area contributed by atoms with Gasteiger partial charge in [-0.25, -0.2) is 0 Å². The molecule has 2 rings (SSSR count). The Morgan fingerprint density at radius 2 is 1.48 bits per heavy atom. The van der Waals surface area contributed by atoms with Gasteiger partial charge in [-0.15, -0.1) is 0 Å². The first-order chi connectivity index (χ1) is 13.2. The molecule has 0 heterocycles. The second-order valence-corrected chi connectivity index (χ2v) is 7.81. The highest BCUT2D eigenvalue weighted by atomic mass is 32.2. The fourth-order valence-corrected chi connectivity index (χ4v) is 3.52. The molecule has 27 heavy (non-hydrogen) atoms. The van der Waals surface area contributed by atoms with Crippen molar-refractivity contribution in [2.75, 3.05) is 11.9 Å². The number of anilines is 1. The maximum absolute atomic E-state index is 11.5. The third-order valence-electron chi connectivity index (χ3n) is 4.21. The van der Waals surface area contributed by atoms with E-state index in [2.05, 4.69) is 36.5 Å². The lowest BCUT2D eigenvalue weighted by atomic mass is 10.1. The first-order valence-corrected chi connectivity index (χ1v) is 10.9. The number of carbonyl (C=O) groups excluding carboxylic acids is 1. The van der Waals surface area contributed by atoms with Gasteiger partial charge in [0.25, 0.3) is 0 Å². The maximum atomic E-state index is 11.5. The molecule has 0 aliphatic carbocycles. The van der Waals surface area contributed by atoms with Gasteiger partial charge in [0, 0.05) is 28.4 Å². The Kier molecular flexibility index (Phi) is 9.85. The van der Waals surface area contributed by atoms with E-state index in [4.69, 9.17) is 4.74 Å². The molecule has 0 aliphatic rings. The molecular formula is C23H31NO2S. The van der Waals surface area contributed by atoms with Crippen molar-refractivity contribution < 1.29 is 9.53 Å². The third-order valence-corrected chi connectivity index (χ3v) is 5.22. The van der Waals surface area contributed by atoms with Crippen molar-refractivity contribution in [2.45, 2.75) is 68.6 Å². The van der Waals surface area contributed by atoms with Crippen molar-refractivity contribution in [2.24, 2.45) is 0 Å². The second kappa shape index (κ2) is 12.4. The van der Waals surface area contributed by atoms with Gasteiger partial charge < -0.3 is 10.1 Å². The van der Waals surface area contributed by atoms with E-state index in [0.29, 0.717) is 12.2 Å². The van der Waals surface area contributed by atoms with Gasteiger partial charge in [0.05, 0.1) is 0 Å². The number of nitrogens with one attached hydrogen (secondary N) is 1. The number of hydrogen-bond acceptors (Lipinski definition) is 4. The zero-order valence-electron chi connectivity index (χ0n) is 16.5. The van der Waals surface area contributed by atoms with Crippen LogP contribution in [0.15, 0.2) is 58.3 Å². The van der Waals surface area contributed by atoms with E-state index in [1.807, 2.05) is 31.2 Å².